The third-order valence-electron chi connectivity index (χ3n) is 5.54. The average Bonchev–Trinajstić information content (AvgIpc) is 2.76. The number of benzene rings is 1. The number of ether oxygens (including phenoxy) is 1. The molecule has 0 radical (unpaired) electrons. The first kappa shape index (κ1) is 23.6. The van der Waals surface area contributed by atoms with Crippen LogP contribution in [0.4, 0.5) is 25.1 Å². The zero-order chi connectivity index (χ0) is 23.3. The van der Waals surface area contributed by atoms with Gasteiger partial charge < -0.3 is 20.3 Å². The number of nitrogens with zero attached hydrogens (tertiary/aromatic N) is 4. The Morgan fingerprint density at radius 1 is 1.16 bits per heavy atom. The van der Waals surface area contributed by atoms with Gasteiger partial charge >= 0.3 is 6.36 Å². The second kappa shape index (κ2) is 10.0. The largest absolute Gasteiger partial charge is 0.573 e. The van der Waals surface area contributed by atoms with Crippen molar-refractivity contribution < 1.29 is 22.7 Å². The molecular weight excluding hydrogens is 425 g/mol. The molecule has 1 aliphatic carbocycles. The highest BCUT2D eigenvalue weighted by atomic mass is 19.4. The summed E-state index contributed by atoms with van der Waals surface area (Å²) >= 11 is 0. The summed E-state index contributed by atoms with van der Waals surface area (Å²) in [7, 11) is 3.67. The van der Waals surface area contributed by atoms with Gasteiger partial charge in [-0.25, -0.2) is 0 Å². The Morgan fingerprint density at radius 3 is 2.50 bits per heavy atom. The summed E-state index contributed by atoms with van der Waals surface area (Å²) in [4.78, 5) is 27.6. The molecule has 32 heavy (non-hydrogen) atoms. The molecule has 1 heterocycles. The maximum atomic E-state index is 12.6. The summed E-state index contributed by atoms with van der Waals surface area (Å²) in [6, 6.07) is 5.99. The van der Waals surface area contributed by atoms with Crippen LogP contribution in [0.25, 0.3) is 0 Å². The normalized spacial score (nSPS) is 18.7. The van der Waals surface area contributed by atoms with E-state index >= 15 is 0 Å². The van der Waals surface area contributed by atoms with Crippen molar-refractivity contribution in [1.82, 2.24) is 20.3 Å². The summed E-state index contributed by atoms with van der Waals surface area (Å²) in [5.41, 5.74) is 0.275. The van der Waals surface area contributed by atoms with Crippen molar-refractivity contribution in [2.75, 3.05) is 24.3 Å². The van der Waals surface area contributed by atoms with Gasteiger partial charge in [-0.3, -0.25) is 4.79 Å². The van der Waals surface area contributed by atoms with E-state index in [-0.39, 0.29) is 35.7 Å². The molecule has 1 amide bonds. The predicted molar refractivity (Wildman–Crippen MR) is 113 cm³/mol. The van der Waals surface area contributed by atoms with Crippen LogP contribution in [0.2, 0.25) is 0 Å². The number of para-hydroxylation sites is 1. The van der Waals surface area contributed by atoms with E-state index in [9.17, 15) is 18.0 Å². The standard InChI is InChI=1S/C21H27F3N6O2/c1-13-27-19(25-2)29-20(28-13)30(3)16-10-8-14(9-11-16)18(31)26-12-15-6-4-5-7-17(15)32-21(22,23)24/h4-7,14,16H,8-12H2,1-3H3,(H,26,31)(H,25,27,28,29)/t14-,16+. The van der Waals surface area contributed by atoms with Crippen LogP contribution >= 0.6 is 0 Å². The van der Waals surface area contributed by atoms with Crippen LogP contribution in [0.15, 0.2) is 24.3 Å². The molecule has 1 aliphatic rings. The van der Waals surface area contributed by atoms with E-state index in [4.69, 9.17) is 0 Å². The summed E-state index contributed by atoms with van der Waals surface area (Å²) in [6.07, 6.45) is -1.88. The molecule has 174 valence electrons. The van der Waals surface area contributed by atoms with E-state index in [2.05, 4.69) is 30.3 Å². The number of aryl methyl sites for hydroxylation is 1. The molecule has 1 aromatic carbocycles. The molecule has 1 saturated carbocycles. The number of carbonyl (C=O) groups excluding carboxylic acids is 1. The Balaban J connectivity index is 1.54. The van der Waals surface area contributed by atoms with Gasteiger partial charge in [0.05, 0.1) is 0 Å². The summed E-state index contributed by atoms with van der Waals surface area (Å²) in [5, 5.41) is 5.67. The van der Waals surface area contributed by atoms with Gasteiger partial charge in [0.15, 0.2) is 0 Å². The maximum absolute atomic E-state index is 12.6. The first-order valence-electron chi connectivity index (χ1n) is 10.4. The molecule has 0 unspecified atom stereocenters. The van der Waals surface area contributed by atoms with E-state index in [0.29, 0.717) is 30.6 Å². The maximum Gasteiger partial charge on any atom is 0.573 e. The van der Waals surface area contributed by atoms with E-state index < -0.39 is 6.36 Å². The van der Waals surface area contributed by atoms with E-state index in [0.717, 1.165) is 12.8 Å². The molecule has 8 nitrogen and oxygen atoms in total. The lowest BCUT2D eigenvalue weighted by Crippen LogP contribution is -2.40. The van der Waals surface area contributed by atoms with Crippen LogP contribution in [0.5, 0.6) is 5.75 Å². The number of halogens is 3. The highest BCUT2D eigenvalue weighted by Crippen LogP contribution is 2.30. The van der Waals surface area contributed by atoms with E-state index in [1.165, 1.54) is 18.2 Å². The predicted octanol–water partition coefficient (Wildman–Crippen LogP) is 3.43. The Labute approximate surface area is 184 Å². The van der Waals surface area contributed by atoms with Crippen molar-refractivity contribution in [2.24, 2.45) is 5.92 Å². The Hall–Kier alpha value is -3.11. The molecule has 0 saturated heterocycles. The molecular formula is C21H27F3N6O2. The van der Waals surface area contributed by atoms with Crippen LogP contribution in [-0.4, -0.2) is 47.4 Å². The third kappa shape index (κ3) is 6.21. The molecule has 1 aromatic heterocycles. The first-order chi connectivity index (χ1) is 15.2. The second-order valence-electron chi connectivity index (χ2n) is 7.75. The summed E-state index contributed by atoms with van der Waals surface area (Å²) < 4.78 is 41.8. The molecule has 2 N–H and O–H groups in total. The minimum Gasteiger partial charge on any atom is -0.405 e. The van der Waals surface area contributed by atoms with Crippen LogP contribution in [0, 0.1) is 12.8 Å². The summed E-state index contributed by atoms with van der Waals surface area (Å²) in [5.74, 6) is 1.04. The number of anilines is 2. The number of nitrogens with one attached hydrogen (secondary N) is 2. The molecule has 0 atom stereocenters. The van der Waals surface area contributed by atoms with Crippen LogP contribution in [0.3, 0.4) is 0 Å². The fourth-order valence-corrected chi connectivity index (χ4v) is 3.83. The average molecular weight is 452 g/mol. The molecule has 0 spiro atoms. The molecule has 2 aromatic rings. The van der Waals surface area contributed by atoms with E-state index in [1.807, 2.05) is 11.9 Å². The lowest BCUT2D eigenvalue weighted by Gasteiger charge is -2.34. The zero-order valence-electron chi connectivity index (χ0n) is 18.2. The number of aromatic nitrogens is 3. The Morgan fingerprint density at radius 2 is 1.84 bits per heavy atom. The van der Waals surface area contributed by atoms with Gasteiger partial charge in [-0.1, -0.05) is 18.2 Å². The number of rotatable bonds is 7. The number of alkyl halides is 3. The second-order valence-corrected chi connectivity index (χ2v) is 7.75. The first-order valence-corrected chi connectivity index (χ1v) is 10.4. The van der Waals surface area contributed by atoms with Crippen LogP contribution in [-0.2, 0) is 11.3 Å². The van der Waals surface area contributed by atoms with E-state index in [1.54, 1.807) is 20.0 Å². The van der Waals surface area contributed by atoms with Crippen molar-refractivity contribution in [3.05, 3.63) is 35.7 Å². The Bertz CT molecular complexity index is 932. The van der Waals surface area contributed by atoms with Gasteiger partial charge in [0.1, 0.15) is 11.6 Å². The Kier molecular flexibility index (Phi) is 7.37. The smallest absolute Gasteiger partial charge is 0.405 e. The summed E-state index contributed by atoms with van der Waals surface area (Å²) in [6.45, 7) is 1.78. The van der Waals surface area contributed by atoms with Gasteiger partial charge in [-0.2, -0.15) is 15.0 Å². The topological polar surface area (TPSA) is 92.3 Å². The van der Waals surface area contributed by atoms with Gasteiger partial charge in [0.25, 0.3) is 0 Å². The van der Waals surface area contributed by atoms with Crippen molar-refractivity contribution in [3.8, 4) is 5.75 Å². The number of amides is 1. The number of carbonyl (C=O) groups is 1. The van der Waals surface area contributed by atoms with Gasteiger partial charge in [0.2, 0.25) is 17.8 Å². The highest BCUT2D eigenvalue weighted by molar-refractivity contribution is 5.78. The molecule has 0 aliphatic heterocycles. The molecule has 1 fully saturated rings. The zero-order valence-corrected chi connectivity index (χ0v) is 18.2. The number of hydrogen-bond donors (Lipinski definition) is 2. The van der Waals surface area contributed by atoms with Crippen LogP contribution < -0.4 is 20.3 Å². The van der Waals surface area contributed by atoms with Gasteiger partial charge in [-0.05, 0) is 38.7 Å². The molecule has 0 bridgehead atoms. The third-order valence-corrected chi connectivity index (χ3v) is 5.54. The highest BCUT2D eigenvalue weighted by Gasteiger charge is 2.32. The SMILES string of the molecule is CNc1nc(C)nc(N(C)[C@H]2CC[C@@H](C(=O)NCc3ccccc3OC(F)(F)F)CC2)n1. The van der Waals surface area contributed by atoms with Crippen LogP contribution in [0.1, 0.15) is 37.1 Å². The number of hydrogen-bond acceptors (Lipinski definition) is 7. The van der Waals surface area contributed by atoms with Gasteiger partial charge in [-0.15, -0.1) is 13.2 Å². The fraction of sp³-hybridized carbons (Fsp3) is 0.524. The molecule has 11 heteroatoms. The minimum atomic E-state index is -4.78. The van der Waals surface area contributed by atoms with Crippen molar-refractivity contribution in [2.45, 2.75) is 51.6 Å². The monoisotopic (exact) mass is 452 g/mol. The quantitative estimate of drug-likeness (QED) is 0.665. The lowest BCUT2D eigenvalue weighted by atomic mass is 9.85. The fourth-order valence-electron chi connectivity index (χ4n) is 3.83. The van der Waals surface area contributed by atoms with Crippen molar-refractivity contribution >= 4 is 17.8 Å². The van der Waals surface area contributed by atoms with Crippen molar-refractivity contribution in [3.63, 3.8) is 0 Å². The van der Waals surface area contributed by atoms with Crippen molar-refractivity contribution in [1.29, 1.82) is 0 Å². The minimum absolute atomic E-state index is 0.0259. The lowest BCUT2D eigenvalue weighted by molar-refractivity contribution is -0.274. The van der Waals surface area contributed by atoms with Gasteiger partial charge in [0, 0.05) is 38.2 Å². The molecule has 3 rings (SSSR count).